The Balaban J connectivity index is 1.44. The molecule has 1 aliphatic carbocycles. The van der Waals surface area contributed by atoms with Gasteiger partial charge in [-0.2, -0.15) is 0 Å². The SMILES string of the molecule is C[C@@H](NC(=O)CCCNC(=O)C1CC1)c1csc2ccccc12. The van der Waals surface area contributed by atoms with Crippen molar-refractivity contribution in [2.45, 2.75) is 38.6 Å². The lowest BCUT2D eigenvalue weighted by atomic mass is 10.1. The normalized spacial score (nSPS) is 15.3. The van der Waals surface area contributed by atoms with Crippen molar-refractivity contribution in [2.75, 3.05) is 6.54 Å². The van der Waals surface area contributed by atoms with Crippen LogP contribution in [0.15, 0.2) is 29.6 Å². The second-order valence-electron chi connectivity index (χ2n) is 6.15. The predicted octanol–water partition coefficient (Wildman–Crippen LogP) is 3.38. The molecule has 2 amide bonds. The summed E-state index contributed by atoms with van der Waals surface area (Å²) >= 11 is 1.70. The molecule has 0 saturated heterocycles. The Kier molecular flexibility index (Phi) is 4.96. The highest BCUT2D eigenvalue weighted by molar-refractivity contribution is 7.17. The van der Waals surface area contributed by atoms with E-state index in [2.05, 4.69) is 28.1 Å². The second-order valence-corrected chi connectivity index (χ2v) is 7.06. The zero-order valence-electron chi connectivity index (χ0n) is 13.3. The van der Waals surface area contributed by atoms with Gasteiger partial charge in [0, 0.05) is 23.6 Å². The quantitative estimate of drug-likeness (QED) is 0.765. The Bertz CT molecular complexity index is 706. The van der Waals surface area contributed by atoms with Crippen LogP contribution in [-0.2, 0) is 9.59 Å². The summed E-state index contributed by atoms with van der Waals surface area (Å²) in [6.07, 6.45) is 3.15. The number of carbonyl (C=O) groups excluding carboxylic acids is 2. The number of amides is 2. The van der Waals surface area contributed by atoms with Gasteiger partial charge >= 0.3 is 0 Å². The van der Waals surface area contributed by atoms with E-state index in [1.165, 1.54) is 15.6 Å². The van der Waals surface area contributed by atoms with Crippen LogP contribution in [0.5, 0.6) is 0 Å². The fraction of sp³-hybridized carbons (Fsp3) is 0.444. The van der Waals surface area contributed by atoms with Gasteiger partial charge in [0.15, 0.2) is 0 Å². The molecule has 0 radical (unpaired) electrons. The van der Waals surface area contributed by atoms with Gasteiger partial charge in [0.1, 0.15) is 0 Å². The van der Waals surface area contributed by atoms with Crippen molar-refractivity contribution in [3.63, 3.8) is 0 Å². The average Bonchev–Trinajstić information content (AvgIpc) is 3.30. The fourth-order valence-corrected chi connectivity index (χ4v) is 3.73. The van der Waals surface area contributed by atoms with E-state index in [1.807, 2.05) is 19.1 Å². The number of nitrogens with one attached hydrogen (secondary N) is 2. The number of benzene rings is 1. The van der Waals surface area contributed by atoms with Crippen molar-refractivity contribution >= 4 is 33.2 Å². The topological polar surface area (TPSA) is 58.2 Å². The van der Waals surface area contributed by atoms with E-state index >= 15 is 0 Å². The van der Waals surface area contributed by atoms with Crippen molar-refractivity contribution in [2.24, 2.45) is 5.92 Å². The lowest BCUT2D eigenvalue weighted by molar-refractivity contribution is -0.123. The molecule has 2 aromatic rings. The van der Waals surface area contributed by atoms with Gasteiger partial charge in [0.05, 0.1) is 6.04 Å². The first-order chi connectivity index (χ1) is 11.1. The predicted molar refractivity (Wildman–Crippen MR) is 93.4 cm³/mol. The van der Waals surface area contributed by atoms with Gasteiger partial charge in [-0.1, -0.05) is 18.2 Å². The monoisotopic (exact) mass is 330 g/mol. The molecule has 1 fully saturated rings. The van der Waals surface area contributed by atoms with Crippen molar-refractivity contribution in [1.82, 2.24) is 10.6 Å². The molecule has 0 spiro atoms. The Morgan fingerprint density at radius 2 is 2.09 bits per heavy atom. The summed E-state index contributed by atoms with van der Waals surface area (Å²) in [6.45, 7) is 2.60. The minimum atomic E-state index is -0.000273. The lowest BCUT2D eigenvalue weighted by Gasteiger charge is -2.13. The lowest BCUT2D eigenvalue weighted by Crippen LogP contribution is -2.29. The van der Waals surface area contributed by atoms with Gasteiger partial charge in [-0.15, -0.1) is 11.3 Å². The molecule has 3 rings (SSSR count). The number of carbonyl (C=O) groups is 2. The van der Waals surface area contributed by atoms with Crippen LogP contribution in [0.1, 0.15) is 44.2 Å². The second kappa shape index (κ2) is 7.13. The summed E-state index contributed by atoms with van der Waals surface area (Å²) in [6, 6.07) is 8.25. The minimum absolute atomic E-state index is 0.000273. The third-order valence-electron chi connectivity index (χ3n) is 4.18. The van der Waals surface area contributed by atoms with E-state index in [4.69, 9.17) is 0 Å². The number of hydrogen-bond acceptors (Lipinski definition) is 3. The highest BCUT2D eigenvalue weighted by Crippen LogP contribution is 2.30. The Morgan fingerprint density at radius 3 is 2.87 bits per heavy atom. The molecule has 1 heterocycles. The molecule has 5 heteroatoms. The van der Waals surface area contributed by atoms with Crippen LogP contribution in [-0.4, -0.2) is 18.4 Å². The van der Waals surface area contributed by atoms with Crippen molar-refractivity contribution < 1.29 is 9.59 Å². The maximum absolute atomic E-state index is 12.1. The van der Waals surface area contributed by atoms with Crippen LogP contribution in [0.2, 0.25) is 0 Å². The van der Waals surface area contributed by atoms with Crippen LogP contribution in [0.3, 0.4) is 0 Å². The van der Waals surface area contributed by atoms with Gasteiger partial charge in [0.25, 0.3) is 0 Å². The first-order valence-electron chi connectivity index (χ1n) is 8.18. The third-order valence-corrected chi connectivity index (χ3v) is 5.16. The Labute approximate surface area is 140 Å². The first-order valence-corrected chi connectivity index (χ1v) is 9.06. The molecule has 122 valence electrons. The molecule has 0 unspecified atom stereocenters. The summed E-state index contributed by atoms with van der Waals surface area (Å²) in [4.78, 5) is 23.6. The third kappa shape index (κ3) is 4.10. The fourth-order valence-electron chi connectivity index (χ4n) is 2.68. The largest absolute Gasteiger partial charge is 0.356 e. The molecule has 1 aliphatic rings. The molecule has 1 aromatic carbocycles. The van der Waals surface area contributed by atoms with Gasteiger partial charge in [-0.25, -0.2) is 0 Å². The number of fused-ring (bicyclic) bond motifs is 1. The molecule has 1 aromatic heterocycles. The zero-order chi connectivity index (χ0) is 16.2. The van der Waals surface area contributed by atoms with E-state index in [-0.39, 0.29) is 23.8 Å². The Morgan fingerprint density at radius 1 is 1.30 bits per heavy atom. The van der Waals surface area contributed by atoms with Gasteiger partial charge in [-0.05, 0) is 48.6 Å². The van der Waals surface area contributed by atoms with Crippen molar-refractivity contribution in [1.29, 1.82) is 0 Å². The van der Waals surface area contributed by atoms with Gasteiger partial charge in [-0.3, -0.25) is 9.59 Å². The molecule has 0 bridgehead atoms. The number of rotatable bonds is 7. The molecule has 0 aliphatic heterocycles. The van der Waals surface area contributed by atoms with E-state index in [0.717, 1.165) is 12.8 Å². The first kappa shape index (κ1) is 16.0. The van der Waals surface area contributed by atoms with Gasteiger partial charge < -0.3 is 10.6 Å². The van der Waals surface area contributed by atoms with Crippen LogP contribution in [0.25, 0.3) is 10.1 Å². The van der Waals surface area contributed by atoms with Crippen LogP contribution < -0.4 is 10.6 Å². The molecule has 1 atom stereocenters. The van der Waals surface area contributed by atoms with Gasteiger partial charge in [0.2, 0.25) is 11.8 Å². The molecule has 4 nitrogen and oxygen atoms in total. The van der Waals surface area contributed by atoms with E-state index in [1.54, 1.807) is 11.3 Å². The van der Waals surface area contributed by atoms with Crippen LogP contribution in [0.4, 0.5) is 0 Å². The Hall–Kier alpha value is -1.88. The molecule has 2 N–H and O–H groups in total. The highest BCUT2D eigenvalue weighted by atomic mass is 32.1. The van der Waals surface area contributed by atoms with E-state index in [0.29, 0.717) is 19.4 Å². The van der Waals surface area contributed by atoms with E-state index in [9.17, 15) is 9.59 Å². The molecule has 23 heavy (non-hydrogen) atoms. The van der Waals surface area contributed by atoms with Crippen LogP contribution >= 0.6 is 11.3 Å². The molecular weight excluding hydrogens is 308 g/mol. The van der Waals surface area contributed by atoms with Crippen LogP contribution in [0, 0.1) is 5.92 Å². The summed E-state index contributed by atoms with van der Waals surface area (Å²) in [7, 11) is 0. The summed E-state index contributed by atoms with van der Waals surface area (Å²) < 4.78 is 1.24. The summed E-state index contributed by atoms with van der Waals surface area (Å²) in [5.41, 5.74) is 1.17. The maximum Gasteiger partial charge on any atom is 0.223 e. The smallest absolute Gasteiger partial charge is 0.223 e. The summed E-state index contributed by atoms with van der Waals surface area (Å²) in [5.74, 6) is 0.410. The molecular formula is C18H22N2O2S. The standard InChI is InChI=1S/C18H22N2O2S/c1-12(15-11-23-16-6-3-2-5-14(15)16)20-17(21)7-4-10-19-18(22)13-8-9-13/h2-3,5-6,11-13H,4,7-10H2,1H3,(H,19,22)(H,20,21)/t12-/m1/s1. The highest BCUT2D eigenvalue weighted by Gasteiger charge is 2.29. The average molecular weight is 330 g/mol. The van der Waals surface area contributed by atoms with Crippen molar-refractivity contribution in [3.05, 3.63) is 35.2 Å². The number of hydrogen-bond donors (Lipinski definition) is 2. The molecule has 1 saturated carbocycles. The maximum atomic E-state index is 12.1. The summed E-state index contributed by atoms with van der Waals surface area (Å²) in [5, 5.41) is 9.27. The number of thiophene rings is 1. The van der Waals surface area contributed by atoms with E-state index < -0.39 is 0 Å². The zero-order valence-corrected chi connectivity index (χ0v) is 14.1. The van der Waals surface area contributed by atoms with Crippen molar-refractivity contribution in [3.8, 4) is 0 Å². The minimum Gasteiger partial charge on any atom is -0.356 e.